The number of carbonyl (C=O) groups is 2. The number of amides is 2. The van der Waals surface area contributed by atoms with Crippen molar-refractivity contribution in [2.75, 3.05) is 13.1 Å². The van der Waals surface area contributed by atoms with Crippen molar-refractivity contribution in [3.8, 4) is 11.1 Å². The third-order valence-electron chi connectivity index (χ3n) is 4.92. The van der Waals surface area contributed by atoms with Gasteiger partial charge in [0, 0.05) is 4.47 Å². The third-order valence-corrected chi connectivity index (χ3v) is 5.61. The van der Waals surface area contributed by atoms with Gasteiger partial charge in [0.05, 0.1) is 13.1 Å². The summed E-state index contributed by atoms with van der Waals surface area (Å²) in [7, 11) is 0. The van der Waals surface area contributed by atoms with E-state index >= 15 is 0 Å². The van der Waals surface area contributed by atoms with Crippen LogP contribution in [0.2, 0.25) is 0 Å². The SMILES string of the molecule is CC(C)(C)OC(=O)NC1(c2ccccc2-c2ccccc2Br)CN(C(=O)OC(C)(C)C)C1. The zero-order chi connectivity index (χ0) is 23.7. The van der Waals surface area contributed by atoms with Gasteiger partial charge in [-0.2, -0.15) is 0 Å². The minimum atomic E-state index is -0.800. The van der Waals surface area contributed by atoms with Crippen molar-refractivity contribution in [2.45, 2.75) is 58.3 Å². The Morgan fingerprint density at radius 3 is 1.97 bits per heavy atom. The number of rotatable bonds is 3. The molecule has 0 saturated carbocycles. The topological polar surface area (TPSA) is 67.9 Å². The Hall–Kier alpha value is -2.54. The van der Waals surface area contributed by atoms with Crippen molar-refractivity contribution >= 4 is 28.1 Å². The summed E-state index contributed by atoms with van der Waals surface area (Å²) in [6.45, 7) is 11.5. The molecular weight excluding hydrogens is 472 g/mol. The zero-order valence-electron chi connectivity index (χ0n) is 19.5. The summed E-state index contributed by atoms with van der Waals surface area (Å²) in [5, 5.41) is 3.05. The van der Waals surface area contributed by atoms with Crippen molar-refractivity contribution in [1.82, 2.24) is 10.2 Å². The molecule has 0 unspecified atom stereocenters. The molecule has 1 saturated heterocycles. The molecule has 2 aromatic carbocycles. The van der Waals surface area contributed by atoms with Gasteiger partial charge in [0.1, 0.15) is 16.7 Å². The molecule has 0 atom stereocenters. The molecule has 0 bridgehead atoms. The molecule has 1 aliphatic rings. The van der Waals surface area contributed by atoms with E-state index in [-0.39, 0.29) is 13.1 Å². The van der Waals surface area contributed by atoms with Crippen LogP contribution in [0.1, 0.15) is 47.1 Å². The Bertz CT molecular complexity index is 1000. The minimum absolute atomic E-state index is 0.280. The molecule has 1 heterocycles. The lowest BCUT2D eigenvalue weighted by Gasteiger charge is -2.51. The molecule has 3 rings (SSSR count). The molecule has 0 aliphatic carbocycles. The second-order valence-corrected chi connectivity index (χ2v) is 10.9. The molecular formula is C25H31BrN2O4. The molecule has 6 nitrogen and oxygen atoms in total. The van der Waals surface area contributed by atoms with Gasteiger partial charge in [-0.25, -0.2) is 9.59 Å². The van der Waals surface area contributed by atoms with Gasteiger partial charge in [-0.3, -0.25) is 0 Å². The summed E-state index contributed by atoms with van der Waals surface area (Å²) in [5.74, 6) is 0. The highest BCUT2D eigenvalue weighted by Gasteiger charge is 2.50. The van der Waals surface area contributed by atoms with Crippen LogP contribution in [0.4, 0.5) is 9.59 Å². The summed E-state index contributed by atoms with van der Waals surface area (Å²) >= 11 is 3.64. The van der Waals surface area contributed by atoms with E-state index in [0.29, 0.717) is 0 Å². The molecule has 0 aromatic heterocycles. The van der Waals surface area contributed by atoms with E-state index in [1.807, 2.05) is 90.1 Å². The molecule has 7 heteroatoms. The van der Waals surface area contributed by atoms with Gasteiger partial charge in [-0.05, 0) is 64.3 Å². The summed E-state index contributed by atoms with van der Waals surface area (Å²) in [6, 6.07) is 15.8. The first-order chi connectivity index (χ1) is 14.8. The molecule has 1 fully saturated rings. The van der Waals surface area contributed by atoms with Gasteiger partial charge in [0.25, 0.3) is 0 Å². The number of hydrogen-bond acceptors (Lipinski definition) is 4. The van der Waals surface area contributed by atoms with E-state index < -0.39 is 28.9 Å². The monoisotopic (exact) mass is 502 g/mol. The molecule has 2 aromatic rings. The second-order valence-electron chi connectivity index (χ2n) is 10.1. The smallest absolute Gasteiger partial charge is 0.410 e. The number of alkyl carbamates (subject to hydrolysis) is 1. The van der Waals surface area contributed by atoms with Crippen molar-refractivity contribution < 1.29 is 19.1 Å². The molecule has 172 valence electrons. The number of nitrogens with one attached hydrogen (secondary N) is 1. The summed E-state index contributed by atoms with van der Waals surface area (Å²) in [6.07, 6.45) is -0.930. The molecule has 2 amide bonds. The fraction of sp³-hybridized carbons (Fsp3) is 0.440. The maximum Gasteiger partial charge on any atom is 0.410 e. The van der Waals surface area contributed by atoms with Gasteiger partial charge in [-0.1, -0.05) is 58.4 Å². The van der Waals surface area contributed by atoms with Crippen molar-refractivity contribution in [1.29, 1.82) is 0 Å². The quantitative estimate of drug-likeness (QED) is 0.551. The highest BCUT2D eigenvalue weighted by molar-refractivity contribution is 9.10. The largest absolute Gasteiger partial charge is 0.444 e. The van der Waals surface area contributed by atoms with E-state index in [1.54, 1.807) is 4.90 Å². The van der Waals surface area contributed by atoms with Crippen LogP contribution in [0, 0.1) is 0 Å². The van der Waals surface area contributed by atoms with Gasteiger partial charge >= 0.3 is 12.2 Å². The van der Waals surface area contributed by atoms with E-state index in [9.17, 15) is 9.59 Å². The Morgan fingerprint density at radius 1 is 0.875 bits per heavy atom. The van der Waals surface area contributed by atoms with Crippen molar-refractivity contribution in [2.24, 2.45) is 0 Å². The Morgan fingerprint density at radius 2 is 1.41 bits per heavy atom. The van der Waals surface area contributed by atoms with Crippen LogP contribution in [-0.2, 0) is 15.0 Å². The van der Waals surface area contributed by atoms with Gasteiger partial charge in [0.15, 0.2) is 0 Å². The number of nitrogens with zero attached hydrogens (tertiary/aromatic N) is 1. The fourth-order valence-corrected chi connectivity index (χ4v) is 4.19. The average Bonchev–Trinajstić information content (AvgIpc) is 2.62. The highest BCUT2D eigenvalue weighted by atomic mass is 79.9. The van der Waals surface area contributed by atoms with Gasteiger partial charge < -0.3 is 19.7 Å². The average molecular weight is 503 g/mol. The Kier molecular flexibility index (Phi) is 6.61. The Labute approximate surface area is 198 Å². The lowest BCUT2D eigenvalue weighted by atomic mass is 9.78. The van der Waals surface area contributed by atoms with Crippen LogP contribution >= 0.6 is 15.9 Å². The van der Waals surface area contributed by atoms with Crippen LogP contribution in [0.15, 0.2) is 53.0 Å². The van der Waals surface area contributed by atoms with Crippen LogP contribution in [-0.4, -0.2) is 41.4 Å². The summed E-state index contributed by atoms with van der Waals surface area (Å²) in [5.41, 5.74) is 0.856. The highest BCUT2D eigenvalue weighted by Crippen LogP contribution is 2.41. The van der Waals surface area contributed by atoms with Gasteiger partial charge in [0.2, 0.25) is 0 Å². The predicted octanol–water partition coefficient (Wildman–Crippen LogP) is 6.09. The minimum Gasteiger partial charge on any atom is -0.444 e. The second kappa shape index (κ2) is 8.77. The molecule has 0 radical (unpaired) electrons. The predicted molar refractivity (Wildman–Crippen MR) is 128 cm³/mol. The maximum absolute atomic E-state index is 12.8. The van der Waals surface area contributed by atoms with Crippen LogP contribution < -0.4 is 5.32 Å². The van der Waals surface area contributed by atoms with Crippen LogP contribution in [0.25, 0.3) is 11.1 Å². The lowest BCUT2D eigenvalue weighted by molar-refractivity contribution is -0.0228. The number of hydrogen-bond donors (Lipinski definition) is 1. The van der Waals surface area contributed by atoms with Gasteiger partial charge in [-0.15, -0.1) is 0 Å². The molecule has 1 aliphatic heterocycles. The summed E-state index contributed by atoms with van der Waals surface area (Å²) < 4.78 is 12.0. The molecule has 1 N–H and O–H groups in total. The normalized spacial score (nSPS) is 15.5. The van der Waals surface area contributed by atoms with E-state index in [2.05, 4.69) is 21.2 Å². The first-order valence-corrected chi connectivity index (χ1v) is 11.4. The standard InChI is InChI=1S/C25H31BrN2O4/c1-23(2,3)31-21(29)27-25(15-28(16-25)22(30)32-24(4,5)6)19-13-9-7-11-17(19)18-12-8-10-14-20(18)26/h7-14H,15-16H2,1-6H3,(H,27,29). The maximum atomic E-state index is 12.8. The Balaban J connectivity index is 1.98. The van der Waals surface area contributed by atoms with Crippen LogP contribution in [0.5, 0.6) is 0 Å². The van der Waals surface area contributed by atoms with Crippen molar-refractivity contribution in [3.63, 3.8) is 0 Å². The summed E-state index contributed by atoms with van der Waals surface area (Å²) in [4.78, 5) is 27.0. The van der Waals surface area contributed by atoms with E-state index in [1.165, 1.54) is 0 Å². The van der Waals surface area contributed by atoms with Crippen molar-refractivity contribution in [3.05, 3.63) is 58.6 Å². The van der Waals surface area contributed by atoms with E-state index in [4.69, 9.17) is 9.47 Å². The number of ether oxygens (including phenoxy) is 2. The number of halogens is 1. The third kappa shape index (κ3) is 5.63. The molecule has 32 heavy (non-hydrogen) atoms. The van der Waals surface area contributed by atoms with E-state index in [0.717, 1.165) is 21.2 Å². The van der Waals surface area contributed by atoms with Crippen LogP contribution in [0.3, 0.4) is 0 Å². The number of benzene rings is 2. The number of likely N-dealkylation sites (tertiary alicyclic amines) is 1. The first-order valence-electron chi connectivity index (χ1n) is 10.6. The first kappa shape index (κ1) is 24.1. The molecule has 0 spiro atoms. The number of carbonyl (C=O) groups excluding carboxylic acids is 2. The fourth-order valence-electron chi connectivity index (χ4n) is 3.69. The zero-order valence-corrected chi connectivity index (χ0v) is 21.1. The lowest BCUT2D eigenvalue weighted by Crippen LogP contribution is -2.69.